The number of anilines is 2. The van der Waals surface area contributed by atoms with E-state index in [0.29, 0.717) is 20.7 Å². The molecular weight excluding hydrogens is 444 g/mol. The molecule has 31 heavy (non-hydrogen) atoms. The van der Waals surface area contributed by atoms with Crippen molar-refractivity contribution >= 4 is 44.6 Å². The maximum Gasteiger partial charge on any atom is 0.387 e. The lowest BCUT2D eigenvalue weighted by Crippen LogP contribution is -2.12. The van der Waals surface area contributed by atoms with Gasteiger partial charge in [0.2, 0.25) is 5.91 Å². The minimum atomic E-state index is -2.88. The summed E-state index contributed by atoms with van der Waals surface area (Å²) in [5.41, 5.74) is 2.16. The number of aryl methyl sites for hydroxylation is 2. The number of rotatable bonds is 7. The first kappa shape index (κ1) is 21.4. The molecule has 0 saturated heterocycles. The van der Waals surface area contributed by atoms with Gasteiger partial charge in [-0.25, -0.2) is 4.98 Å². The summed E-state index contributed by atoms with van der Waals surface area (Å²) < 4.78 is 29.0. The lowest BCUT2D eigenvalue weighted by molar-refractivity contribution is -0.117. The van der Waals surface area contributed by atoms with Gasteiger partial charge in [0.1, 0.15) is 5.75 Å². The van der Waals surface area contributed by atoms with Gasteiger partial charge in [-0.15, -0.1) is 22.7 Å². The summed E-state index contributed by atoms with van der Waals surface area (Å²) in [7, 11) is 0. The second kappa shape index (κ2) is 8.72. The molecule has 0 bridgehead atoms. The Morgan fingerprint density at radius 1 is 1.13 bits per heavy atom. The van der Waals surface area contributed by atoms with Crippen molar-refractivity contribution in [2.24, 2.45) is 5.92 Å². The minimum Gasteiger partial charge on any atom is -0.435 e. The quantitative estimate of drug-likeness (QED) is 0.472. The van der Waals surface area contributed by atoms with Gasteiger partial charge in [-0.1, -0.05) is 0 Å². The molecule has 10 heteroatoms. The van der Waals surface area contributed by atoms with Crippen LogP contribution in [0.25, 0.3) is 11.3 Å². The Hall–Kier alpha value is -2.85. The van der Waals surface area contributed by atoms with Crippen LogP contribution in [0, 0.1) is 19.8 Å². The van der Waals surface area contributed by atoms with Crippen molar-refractivity contribution < 1.29 is 23.1 Å². The van der Waals surface area contributed by atoms with E-state index in [1.54, 1.807) is 18.2 Å². The van der Waals surface area contributed by atoms with Crippen molar-refractivity contribution in [3.8, 4) is 17.0 Å². The fraction of sp³-hybridized carbons (Fsp3) is 0.286. The molecule has 2 N–H and O–H groups in total. The highest BCUT2D eigenvalue weighted by Crippen LogP contribution is 2.34. The molecule has 1 aromatic carbocycles. The highest BCUT2D eigenvalue weighted by molar-refractivity contribution is 7.19. The summed E-state index contributed by atoms with van der Waals surface area (Å²) in [6, 6.07) is 7.98. The fourth-order valence-corrected chi connectivity index (χ4v) is 4.81. The summed E-state index contributed by atoms with van der Waals surface area (Å²) in [4.78, 5) is 30.6. The number of thiophene rings is 1. The number of benzene rings is 1. The molecule has 3 aromatic rings. The highest BCUT2D eigenvalue weighted by atomic mass is 32.1. The molecular formula is C21H19F2N3O3S2. The van der Waals surface area contributed by atoms with Crippen LogP contribution >= 0.6 is 22.7 Å². The van der Waals surface area contributed by atoms with Crippen molar-refractivity contribution in [2.45, 2.75) is 33.3 Å². The molecule has 0 radical (unpaired) electrons. The van der Waals surface area contributed by atoms with Crippen LogP contribution in [0.2, 0.25) is 0 Å². The number of hydrogen-bond acceptors (Lipinski definition) is 6. The van der Waals surface area contributed by atoms with Crippen LogP contribution in [-0.4, -0.2) is 23.4 Å². The molecule has 6 nitrogen and oxygen atoms in total. The van der Waals surface area contributed by atoms with E-state index in [0.717, 1.165) is 28.8 Å². The second-order valence-corrected chi connectivity index (χ2v) is 9.42. The van der Waals surface area contributed by atoms with Crippen molar-refractivity contribution in [3.63, 3.8) is 0 Å². The zero-order chi connectivity index (χ0) is 22.1. The number of carbonyl (C=O) groups is 2. The molecule has 0 unspecified atom stereocenters. The largest absolute Gasteiger partial charge is 0.435 e. The lowest BCUT2D eigenvalue weighted by atomic mass is 10.1. The zero-order valence-electron chi connectivity index (χ0n) is 16.7. The van der Waals surface area contributed by atoms with E-state index < -0.39 is 6.61 Å². The number of alkyl halides is 2. The van der Waals surface area contributed by atoms with Crippen LogP contribution < -0.4 is 15.4 Å². The van der Waals surface area contributed by atoms with Crippen molar-refractivity contribution in [1.29, 1.82) is 0 Å². The van der Waals surface area contributed by atoms with E-state index in [4.69, 9.17) is 0 Å². The molecule has 0 aliphatic heterocycles. The van der Waals surface area contributed by atoms with E-state index in [2.05, 4.69) is 20.4 Å². The van der Waals surface area contributed by atoms with E-state index in [-0.39, 0.29) is 23.5 Å². The van der Waals surface area contributed by atoms with Gasteiger partial charge < -0.3 is 10.1 Å². The SMILES string of the molecule is Cc1cc(NC(=O)C2CC2)sc1C(=O)Nc1nc(-c2ccc(OC(F)F)cc2)c(C)s1. The van der Waals surface area contributed by atoms with E-state index in [9.17, 15) is 18.4 Å². The van der Waals surface area contributed by atoms with Gasteiger partial charge in [-0.2, -0.15) is 8.78 Å². The Bertz CT molecular complexity index is 1120. The van der Waals surface area contributed by atoms with Gasteiger partial charge in [0, 0.05) is 16.4 Å². The van der Waals surface area contributed by atoms with Crippen LogP contribution in [0.5, 0.6) is 5.75 Å². The number of halogens is 2. The molecule has 0 spiro atoms. The molecule has 4 rings (SSSR count). The number of nitrogens with one attached hydrogen (secondary N) is 2. The maximum absolute atomic E-state index is 12.8. The Kier molecular flexibility index (Phi) is 6.01. The first-order valence-electron chi connectivity index (χ1n) is 9.55. The van der Waals surface area contributed by atoms with Crippen LogP contribution in [0.4, 0.5) is 18.9 Å². The van der Waals surface area contributed by atoms with Crippen molar-refractivity contribution in [1.82, 2.24) is 4.98 Å². The van der Waals surface area contributed by atoms with Gasteiger partial charge in [-0.05, 0) is 62.6 Å². The number of amides is 2. The van der Waals surface area contributed by atoms with Gasteiger partial charge >= 0.3 is 6.61 Å². The number of carbonyl (C=O) groups excluding carboxylic acids is 2. The molecule has 162 valence electrons. The van der Waals surface area contributed by atoms with E-state index >= 15 is 0 Å². The average molecular weight is 464 g/mol. The number of thiazole rings is 1. The summed E-state index contributed by atoms with van der Waals surface area (Å²) >= 11 is 2.55. The average Bonchev–Trinajstić information content (AvgIpc) is 3.41. The number of nitrogens with zero attached hydrogens (tertiary/aromatic N) is 1. The Morgan fingerprint density at radius 3 is 2.48 bits per heavy atom. The minimum absolute atomic E-state index is 0.00151. The summed E-state index contributed by atoms with van der Waals surface area (Å²) in [5, 5.41) is 6.76. The molecule has 2 aromatic heterocycles. The Labute approximate surface area is 185 Å². The molecule has 2 amide bonds. The van der Waals surface area contributed by atoms with Crippen LogP contribution in [-0.2, 0) is 4.79 Å². The third-order valence-corrected chi connectivity index (χ3v) is 6.73. The topological polar surface area (TPSA) is 80.3 Å². The van der Waals surface area contributed by atoms with Crippen molar-refractivity contribution in [3.05, 3.63) is 45.6 Å². The first-order chi connectivity index (χ1) is 14.8. The number of ether oxygens (including phenoxy) is 1. The standard InChI is InChI=1S/C21H19F2N3O3S2/c1-10-9-15(24-18(27)13-3-4-13)31-17(10)19(28)26-21-25-16(11(2)30-21)12-5-7-14(8-6-12)29-20(22)23/h5-9,13,20H,3-4H2,1-2H3,(H,24,27)(H,25,26,28). The predicted octanol–water partition coefficient (Wildman–Crippen LogP) is 5.69. The molecule has 1 saturated carbocycles. The summed E-state index contributed by atoms with van der Waals surface area (Å²) in [6.45, 7) is 0.811. The third kappa shape index (κ3) is 5.08. The summed E-state index contributed by atoms with van der Waals surface area (Å²) in [6.07, 6.45) is 1.83. The third-order valence-electron chi connectivity index (χ3n) is 4.69. The van der Waals surface area contributed by atoms with E-state index in [1.807, 2.05) is 13.8 Å². The number of aromatic nitrogens is 1. The highest BCUT2D eigenvalue weighted by Gasteiger charge is 2.30. The van der Waals surface area contributed by atoms with E-state index in [1.165, 1.54) is 34.8 Å². The molecule has 1 fully saturated rings. The van der Waals surface area contributed by atoms with Crippen LogP contribution in [0.3, 0.4) is 0 Å². The Balaban J connectivity index is 1.46. The van der Waals surface area contributed by atoms with Crippen molar-refractivity contribution in [2.75, 3.05) is 10.6 Å². The maximum atomic E-state index is 12.8. The molecule has 1 aliphatic rings. The molecule has 1 aliphatic carbocycles. The summed E-state index contributed by atoms with van der Waals surface area (Å²) in [5.74, 6) is -0.140. The van der Waals surface area contributed by atoms with Crippen LogP contribution in [0.1, 0.15) is 33.0 Å². The predicted molar refractivity (Wildman–Crippen MR) is 117 cm³/mol. The zero-order valence-corrected chi connectivity index (χ0v) is 18.3. The first-order valence-corrected chi connectivity index (χ1v) is 11.2. The van der Waals surface area contributed by atoms with Crippen LogP contribution in [0.15, 0.2) is 30.3 Å². The lowest BCUT2D eigenvalue weighted by Gasteiger charge is -2.05. The number of hydrogen-bond donors (Lipinski definition) is 2. The molecule has 0 atom stereocenters. The van der Waals surface area contributed by atoms with Gasteiger partial charge in [-0.3, -0.25) is 14.9 Å². The fourth-order valence-electron chi connectivity index (χ4n) is 3.00. The van der Waals surface area contributed by atoms with Gasteiger partial charge in [0.15, 0.2) is 5.13 Å². The normalized spacial score (nSPS) is 13.3. The van der Waals surface area contributed by atoms with Gasteiger partial charge in [0.25, 0.3) is 5.91 Å². The monoisotopic (exact) mass is 463 g/mol. The molecule has 2 heterocycles. The van der Waals surface area contributed by atoms with Gasteiger partial charge in [0.05, 0.1) is 15.6 Å². The second-order valence-electron chi connectivity index (χ2n) is 7.17. The Morgan fingerprint density at radius 2 is 1.84 bits per heavy atom. The smallest absolute Gasteiger partial charge is 0.387 e.